The second-order valence-electron chi connectivity index (χ2n) is 9.14. The summed E-state index contributed by atoms with van der Waals surface area (Å²) in [6.07, 6.45) is 5.17. The minimum Gasteiger partial charge on any atom is -0.294 e. The van der Waals surface area contributed by atoms with E-state index in [1.54, 1.807) is 11.3 Å². The van der Waals surface area contributed by atoms with Gasteiger partial charge in [0.2, 0.25) is 0 Å². The Kier molecular flexibility index (Phi) is 5.20. The summed E-state index contributed by atoms with van der Waals surface area (Å²) in [6.45, 7) is 9.23. The second kappa shape index (κ2) is 8.02. The van der Waals surface area contributed by atoms with Crippen LogP contribution in [-0.2, 0) is 24.9 Å². The Morgan fingerprint density at radius 1 is 1.06 bits per heavy atom. The van der Waals surface area contributed by atoms with Crippen LogP contribution in [0.4, 0.5) is 0 Å². The van der Waals surface area contributed by atoms with Crippen LogP contribution in [-0.4, -0.2) is 31.2 Å². The average Bonchev–Trinajstić information content (AvgIpc) is 3.43. The number of hydrogen-bond acceptors (Lipinski definition) is 5. The minimum absolute atomic E-state index is 0.0200. The number of hydrogen-bond donors (Lipinski definition) is 0. The van der Waals surface area contributed by atoms with Crippen molar-refractivity contribution in [1.82, 2.24) is 24.6 Å². The lowest BCUT2D eigenvalue weighted by molar-refractivity contribution is 0.242. The van der Waals surface area contributed by atoms with Crippen LogP contribution in [0.5, 0.6) is 0 Å². The molecular formula is C25H27N5S. The van der Waals surface area contributed by atoms with E-state index in [1.165, 1.54) is 21.7 Å². The summed E-state index contributed by atoms with van der Waals surface area (Å²) >= 11 is 1.74. The number of nitrogens with zero attached hydrogens (tertiary/aromatic N) is 5. The normalized spacial score (nSPS) is 14.5. The lowest BCUT2D eigenvalue weighted by atomic mass is 9.95. The number of fused-ring (bicyclic) bond motifs is 1. The van der Waals surface area contributed by atoms with Crippen molar-refractivity contribution in [2.45, 2.75) is 45.7 Å². The van der Waals surface area contributed by atoms with E-state index >= 15 is 0 Å². The van der Waals surface area contributed by atoms with E-state index in [-0.39, 0.29) is 5.41 Å². The zero-order valence-corrected chi connectivity index (χ0v) is 19.1. The molecule has 1 aliphatic heterocycles. The van der Waals surface area contributed by atoms with Crippen molar-refractivity contribution >= 4 is 11.3 Å². The molecule has 5 nitrogen and oxygen atoms in total. The average molecular weight is 430 g/mol. The molecule has 0 aliphatic carbocycles. The molecule has 4 heterocycles. The molecule has 0 saturated heterocycles. The predicted octanol–water partition coefficient (Wildman–Crippen LogP) is 5.25. The fourth-order valence-corrected chi connectivity index (χ4v) is 4.72. The van der Waals surface area contributed by atoms with E-state index in [9.17, 15) is 0 Å². The van der Waals surface area contributed by atoms with E-state index in [0.29, 0.717) is 0 Å². The number of para-hydroxylation sites is 1. The SMILES string of the molecule is CC(C)(C)c1ncc2c(n1)CCN(Cc1cn(-c3ccccc3)nc1-c1cccs1)C2. The summed E-state index contributed by atoms with van der Waals surface area (Å²) in [7, 11) is 0. The maximum absolute atomic E-state index is 4.95. The zero-order chi connectivity index (χ0) is 21.4. The van der Waals surface area contributed by atoms with Crippen LogP contribution >= 0.6 is 11.3 Å². The molecule has 4 aromatic rings. The molecule has 31 heavy (non-hydrogen) atoms. The molecule has 1 aliphatic rings. The molecule has 0 spiro atoms. The van der Waals surface area contributed by atoms with Crippen LogP contribution in [0, 0.1) is 0 Å². The molecule has 0 atom stereocenters. The van der Waals surface area contributed by atoms with Gasteiger partial charge in [-0.1, -0.05) is 45.0 Å². The quantitative estimate of drug-likeness (QED) is 0.445. The topological polar surface area (TPSA) is 46.8 Å². The van der Waals surface area contributed by atoms with Crippen LogP contribution in [0.1, 0.15) is 43.4 Å². The lowest BCUT2D eigenvalue weighted by Gasteiger charge is -2.29. The molecule has 0 unspecified atom stereocenters. The third kappa shape index (κ3) is 4.18. The zero-order valence-electron chi connectivity index (χ0n) is 18.2. The molecular weight excluding hydrogens is 402 g/mol. The Morgan fingerprint density at radius 2 is 1.90 bits per heavy atom. The van der Waals surface area contributed by atoms with Crippen molar-refractivity contribution in [2.75, 3.05) is 6.54 Å². The van der Waals surface area contributed by atoms with Gasteiger partial charge < -0.3 is 0 Å². The molecule has 5 rings (SSSR count). The molecule has 0 N–H and O–H groups in total. The summed E-state index contributed by atoms with van der Waals surface area (Å²) < 4.78 is 2.00. The van der Waals surface area contributed by atoms with Gasteiger partial charge in [-0.2, -0.15) is 5.10 Å². The Hall–Kier alpha value is -2.83. The number of thiophene rings is 1. The minimum atomic E-state index is -0.0200. The molecule has 0 fully saturated rings. The fourth-order valence-electron chi connectivity index (χ4n) is 3.97. The maximum Gasteiger partial charge on any atom is 0.133 e. The molecule has 3 aromatic heterocycles. The predicted molar refractivity (Wildman–Crippen MR) is 125 cm³/mol. The van der Waals surface area contributed by atoms with Crippen LogP contribution in [0.25, 0.3) is 16.3 Å². The van der Waals surface area contributed by atoms with E-state index in [2.05, 4.69) is 78.6 Å². The highest BCUT2D eigenvalue weighted by Gasteiger charge is 2.24. The van der Waals surface area contributed by atoms with Gasteiger partial charge in [0, 0.05) is 60.7 Å². The molecule has 158 valence electrons. The van der Waals surface area contributed by atoms with Crippen LogP contribution in [0.2, 0.25) is 0 Å². The summed E-state index contributed by atoms with van der Waals surface area (Å²) in [5.74, 6) is 0.934. The van der Waals surface area contributed by atoms with Crippen molar-refractivity contribution in [3.63, 3.8) is 0 Å². The van der Waals surface area contributed by atoms with E-state index in [1.807, 2.05) is 16.9 Å². The van der Waals surface area contributed by atoms with E-state index in [0.717, 1.165) is 43.3 Å². The molecule has 6 heteroatoms. The highest BCUT2D eigenvalue weighted by Crippen LogP contribution is 2.30. The third-order valence-electron chi connectivity index (χ3n) is 5.64. The van der Waals surface area contributed by atoms with Gasteiger partial charge in [-0.05, 0) is 23.6 Å². The Labute approximate surface area is 187 Å². The van der Waals surface area contributed by atoms with E-state index in [4.69, 9.17) is 10.1 Å². The van der Waals surface area contributed by atoms with Gasteiger partial charge in [0.15, 0.2) is 0 Å². The van der Waals surface area contributed by atoms with Crippen LogP contribution in [0.15, 0.2) is 60.2 Å². The van der Waals surface area contributed by atoms with Crippen molar-refractivity contribution in [3.8, 4) is 16.3 Å². The highest BCUT2D eigenvalue weighted by atomic mass is 32.1. The van der Waals surface area contributed by atoms with Gasteiger partial charge in [-0.3, -0.25) is 4.90 Å². The van der Waals surface area contributed by atoms with Crippen LogP contribution in [0.3, 0.4) is 0 Å². The first-order valence-electron chi connectivity index (χ1n) is 10.7. The van der Waals surface area contributed by atoms with Gasteiger partial charge in [0.1, 0.15) is 11.5 Å². The standard InChI is InChI=1S/C25H27N5S/c1-25(2,3)24-26-14-18-15-29(12-11-21(18)27-24)16-19-17-30(20-8-5-4-6-9-20)28-23(19)22-10-7-13-31-22/h4-10,13-14,17H,11-12,15-16H2,1-3H3. The first-order chi connectivity index (χ1) is 15.0. The number of rotatable bonds is 4. The fraction of sp³-hybridized carbons (Fsp3) is 0.320. The summed E-state index contributed by atoms with van der Waals surface area (Å²) in [4.78, 5) is 13.2. The first kappa shape index (κ1) is 20.1. The Balaban J connectivity index is 1.42. The van der Waals surface area contributed by atoms with Gasteiger partial charge in [0.25, 0.3) is 0 Å². The molecule has 0 saturated carbocycles. The monoisotopic (exact) mass is 429 g/mol. The van der Waals surface area contributed by atoms with Crippen molar-refractivity contribution < 1.29 is 0 Å². The molecule has 0 bridgehead atoms. The van der Waals surface area contributed by atoms with Crippen molar-refractivity contribution in [3.05, 3.63) is 82.9 Å². The Bertz CT molecular complexity index is 1170. The highest BCUT2D eigenvalue weighted by molar-refractivity contribution is 7.13. The lowest BCUT2D eigenvalue weighted by Crippen LogP contribution is -2.32. The Morgan fingerprint density at radius 3 is 2.65 bits per heavy atom. The van der Waals surface area contributed by atoms with Gasteiger partial charge >= 0.3 is 0 Å². The number of aromatic nitrogens is 4. The van der Waals surface area contributed by atoms with E-state index < -0.39 is 0 Å². The first-order valence-corrected chi connectivity index (χ1v) is 11.6. The van der Waals surface area contributed by atoms with Crippen molar-refractivity contribution in [2.24, 2.45) is 0 Å². The van der Waals surface area contributed by atoms with Gasteiger partial charge in [-0.25, -0.2) is 14.6 Å². The maximum atomic E-state index is 4.95. The summed E-state index contributed by atoms with van der Waals surface area (Å²) in [5.41, 5.74) is 5.83. The smallest absolute Gasteiger partial charge is 0.133 e. The molecule has 0 radical (unpaired) electrons. The summed E-state index contributed by atoms with van der Waals surface area (Å²) in [6, 6.07) is 14.6. The third-order valence-corrected chi connectivity index (χ3v) is 6.52. The molecule has 0 amide bonds. The van der Waals surface area contributed by atoms with Crippen molar-refractivity contribution in [1.29, 1.82) is 0 Å². The van der Waals surface area contributed by atoms with Gasteiger partial charge in [-0.15, -0.1) is 11.3 Å². The number of benzene rings is 1. The van der Waals surface area contributed by atoms with Gasteiger partial charge in [0.05, 0.1) is 10.6 Å². The largest absolute Gasteiger partial charge is 0.294 e. The molecule has 1 aromatic carbocycles. The summed E-state index contributed by atoms with van der Waals surface area (Å²) in [5, 5.41) is 7.06. The second-order valence-corrected chi connectivity index (χ2v) is 10.1. The van der Waals surface area contributed by atoms with Crippen LogP contribution < -0.4 is 0 Å².